The van der Waals surface area contributed by atoms with Crippen molar-refractivity contribution in [1.82, 2.24) is 0 Å². The van der Waals surface area contributed by atoms with Crippen LogP contribution < -0.4 is 5.32 Å². The van der Waals surface area contributed by atoms with Crippen LogP contribution in [0.25, 0.3) is 43.9 Å². The number of nitrogens with one attached hydrogen (secondary N) is 1. The zero-order valence-electron chi connectivity index (χ0n) is 18.4. The van der Waals surface area contributed by atoms with Gasteiger partial charge < -0.3 is 14.2 Å². The molecule has 33 heavy (non-hydrogen) atoms. The van der Waals surface area contributed by atoms with E-state index in [9.17, 15) is 0 Å². The largest absolute Gasteiger partial charge is 0.456 e. The Morgan fingerprint density at radius 1 is 0.576 bits per heavy atom. The lowest BCUT2D eigenvalue weighted by Crippen LogP contribution is -2.04. The normalized spacial score (nSPS) is 15.2. The number of furan rings is 2. The minimum Gasteiger partial charge on any atom is -0.456 e. The molecular weight excluding hydrogens is 406 g/mol. The average Bonchev–Trinajstić information content (AvgIpc) is 3.43. The Hall–Kier alpha value is -3.72. The van der Waals surface area contributed by atoms with E-state index < -0.39 is 0 Å². The van der Waals surface area contributed by atoms with Crippen LogP contribution in [-0.4, -0.2) is 0 Å². The zero-order chi connectivity index (χ0) is 21.8. The summed E-state index contributed by atoms with van der Waals surface area (Å²) in [5.41, 5.74) is 7.22. The summed E-state index contributed by atoms with van der Waals surface area (Å²) in [5, 5.41) is 8.30. The molecule has 0 bridgehead atoms. The number of anilines is 2. The fourth-order valence-electron chi connectivity index (χ4n) is 5.66. The van der Waals surface area contributed by atoms with Crippen LogP contribution in [0.3, 0.4) is 0 Å². The highest BCUT2D eigenvalue weighted by Gasteiger charge is 2.19. The fraction of sp³-hybridized carbons (Fsp3) is 0.200. The van der Waals surface area contributed by atoms with Crippen LogP contribution in [0.4, 0.5) is 11.4 Å². The smallest absolute Gasteiger partial charge is 0.137 e. The zero-order valence-corrected chi connectivity index (χ0v) is 18.4. The molecule has 0 spiro atoms. The molecule has 1 N–H and O–H groups in total. The van der Waals surface area contributed by atoms with E-state index in [1.165, 1.54) is 43.1 Å². The SMILES string of the molecule is c1ccc2c(c1)oc1cccc(Nc3cccc4oc5ccc(C6CCCCC6)cc5c34)c12. The second-order valence-electron chi connectivity index (χ2n) is 9.27. The number of hydrogen-bond donors (Lipinski definition) is 1. The van der Waals surface area contributed by atoms with Crippen molar-refractivity contribution in [3.63, 3.8) is 0 Å². The monoisotopic (exact) mass is 431 g/mol. The number of rotatable bonds is 3. The first kappa shape index (κ1) is 18.8. The first-order valence-electron chi connectivity index (χ1n) is 12.0. The van der Waals surface area contributed by atoms with E-state index in [2.05, 4.69) is 59.9 Å². The second-order valence-corrected chi connectivity index (χ2v) is 9.27. The molecule has 4 aromatic carbocycles. The molecule has 1 fully saturated rings. The molecule has 6 aromatic rings. The summed E-state index contributed by atoms with van der Waals surface area (Å²) in [5.74, 6) is 0.666. The highest BCUT2D eigenvalue weighted by molar-refractivity contribution is 6.15. The molecular formula is C30H25NO2. The van der Waals surface area contributed by atoms with Gasteiger partial charge in [-0.25, -0.2) is 0 Å². The van der Waals surface area contributed by atoms with Crippen molar-refractivity contribution in [3.05, 3.63) is 84.4 Å². The topological polar surface area (TPSA) is 38.3 Å². The predicted octanol–water partition coefficient (Wildman–Crippen LogP) is 9.28. The Balaban J connectivity index is 1.40. The van der Waals surface area contributed by atoms with Gasteiger partial charge in [-0.2, -0.15) is 0 Å². The quantitative estimate of drug-likeness (QED) is 0.303. The van der Waals surface area contributed by atoms with Crippen LogP contribution in [0.2, 0.25) is 0 Å². The van der Waals surface area contributed by atoms with Gasteiger partial charge in [-0.3, -0.25) is 0 Å². The number of benzene rings is 4. The van der Waals surface area contributed by atoms with E-state index >= 15 is 0 Å². The maximum atomic E-state index is 6.26. The summed E-state index contributed by atoms with van der Waals surface area (Å²) >= 11 is 0. The molecule has 1 saturated carbocycles. The van der Waals surface area contributed by atoms with Gasteiger partial charge in [-0.15, -0.1) is 0 Å². The van der Waals surface area contributed by atoms with Gasteiger partial charge in [0.25, 0.3) is 0 Å². The molecule has 3 nitrogen and oxygen atoms in total. The third-order valence-corrected chi connectivity index (χ3v) is 7.27. The summed E-state index contributed by atoms with van der Waals surface area (Å²) in [6, 6.07) is 27.5. The molecule has 2 aromatic heterocycles. The molecule has 0 atom stereocenters. The molecule has 0 aliphatic heterocycles. The van der Waals surface area contributed by atoms with Crippen LogP contribution >= 0.6 is 0 Å². The molecule has 7 rings (SSSR count). The lowest BCUT2D eigenvalue weighted by atomic mass is 9.84. The van der Waals surface area contributed by atoms with Gasteiger partial charge in [-0.1, -0.05) is 55.7 Å². The third-order valence-electron chi connectivity index (χ3n) is 7.27. The van der Waals surface area contributed by atoms with Crippen LogP contribution in [-0.2, 0) is 0 Å². The van der Waals surface area contributed by atoms with E-state index in [1.807, 2.05) is 24.3 Å². The molecule has 0 radical (unpaired) electrons. The number of fused-ring (bicyclic) bond motifs is 6. The van der Waals surface area contributed by atoms with Gasteiger partial charge in [0, 0.05) is 10.8 Å². The Labute approximate surface area is 192 Å². The summed E-state index contributed by atoms with van der Waals surface area (Å²) in [6.07, 6.45) is 6.63. The molecule has 2 heterocycles. The van der Waals surface area contributed by atoms with E-state index in [-0.39, 0.29) is 0 Å². The van der Waals surface area contributed by atoms with Crippen molar-refractivity contribution < 1.29 is 8.83 Å². The molecule has 0 saturated heterocycles. The maximum Gasteiger partial charge on any atom is 0.137 e. The Morgan fingerprint density at radius 2 is 1.21 bits per heavy atom. The molecule has 3 heteroatoms. The summed E-state index contributed by atoms with van der Waals surface area (Å²) in [4.78, 5) is 0. The van der Waals surface area contributed by atoms with Crippen molar-refractivity contribution in [1.29, 1.82) is 0 Å². The van der Waals surface area contributed by atoms with Gasteiger partial charge in [0.15, 0.2) is 0 Å². The highest BCUT2D eigenvalue weighted by atomic mass is 16.3. The predicted molar refractivity (Wildman–Crippen MR) is 137 cm³/mol. The van der Waals surface area contributed by atoms with Crippen LogP contribution in [0.5, 0.6) is 0 Å². The molecule has 1 aliphatic rings. The van der Waals surface area contributed by atoms with Gasteiger partial charge in [0.05, 0.1) is 22.1 Å². The van der Waals surface area contributed by atoms with Gasteiger partial charge >= 0.3 is 0 Å². The van der Waals surface area contributed by atoms with Crippen molar-refractivity contribution in [2.24, 2.45) is 0 Å². The standard InChI is InChI=1S/C30H25NO2/c1-2-8-19(9-3-1)20-16-17-26-22(18-20)30-24(12-7-15-28(30)33-26)31-23-11-6-14-27-29(23)21-10-4-5-13-25(21)32-27/h4-7,10-19,31H,1-3,8-9H2. The Bertz CT molecular complexity index is 1630. The van der Waals surface area contributed by atoms with E-state index in [0.717, 1.165) is 49.9 Å². The van der Waals surface area contributed by atoms with Crippen LogP contribution in [0, 0.1) is 0 Å². The summed E-state index contributed by atoms with van der Waals surface area (Å²) in [6.45, 7) is 0. The summed E-state index contributed by atoms with van der Waals surface area (Å²) in [7, 11) is 0. The molecule has 0 unspecified atom stereocenters. The Morgan fingerprint density at radius 3 is 1.97 bits per heavy atom. The van der Waals surface area contributed by atoms with Crippen molar-refractivity contribution in [3.8, 4) is 0 Å². The van der Waals surface area contributed by atoms with Crippen molar-refractivity contribution in [2.75, 3.05) is 5.32 Å². The first-order chi connectivity index (χ1) is 16.3. The lowest BCUT2D eigenvalue weighted by Gasteiger charge is -2.21. The lowest BCUT2D eigenvalue weighted by molar-refractivity contribution is 0.444. The van der Waals surface area contributed by atoms with Crippen molar-refractivity contribution >= 4 is 55.3 Å². The molecule has 162 valence electrons. The van der Waals surface area contributed by atoms with Crippen molar-refractivity contribution in [2.45, 2.75) is 38.0 Å². The van der Waals surface area contributed by atoms with Crippen LogP contribution in [0.1, 0.15) is 43.6 Å². The third kappa shape index (κ3) is 3.03. The maximum absolute atomic E-state index is 6.26. The Kier molecular flexibility index (Phi) is 4.23. The molecule has 0 amide bonds. The number of para-hydroxylation sites is 1. The minimum absolute atomic E-state index is 0.666. The van der Waals surface area contributed by atoms with E-state index in [0.29, 0.717) is 5.92 Å². The van der Waals surface area contributed by atoms with Gasteiger partial charge in [0.2, 0.25) is 0 Å². The van der Waals surface area contributed by atoms with Gasteiger partial charge in [0.1, 0.15) is 22.3 Å². The summed E-state index contributed by atoms with van der Waals surface area (Å²) < 4.78 is 12.4. The van der Waals surface area contributed by atoms with Crippen LogP contribution in [0.15, 0.2) is 87.7 Å². The minimum atomic E-state index is 0.666. The fourth-order valence-corrected chi connectivity index (χ4v) is 5.66. The van der Waals surface area contributed by atoms with Gasteiger partial charge in [-0.05, 0) is 66.8 Å². The number of hydrogen-bond acceptors (Lipinski definition) is 3. The molecule has 1 aliphatic carbocycles. The highest BCUT2D eigenvalue weighted by Crippen LogP contribution is 2.41. The van der Waals surface area contributed by atoms with E-state index in [1.54, 1.807) is 0 Å². The first-order valence-corrected chi connectivity index (χ1v) is 12.0. The average molecular weight is 432 g/mol. The second kappa shape index (κ2) is 7.41. The van der Waals surface area contributed by atoms with E-state index in [4.69, 9.17) is 8.83 Å².